The van der Waals surface area contributed by atoms with E-state index in [0.29, 0.717) is 11.8 Å². The highest BCUT2D eigenvalue weighted by Gasteiger charge is 2.35. The molecule has 0 amide bonds. The predicted octanol–water partition coefficient (Wildman–Crippen LogP) is 2.23. The van der Waals surface area contributed by atoms with Crippen molar-refractivity contribution in [2.45, 2.75) is 58.0 Å². The van der Waals surface area contributed by atoms with Crippen LogP contribution < -0.4 is 0 Å². The highest BCUT2D eigenvalue weighted by atomic mass is 16.1. The molecule has 0 N–H and O–H groups in total. The number of ketones is 1. The molecule has 2 nitrogen and oxygen atoms in total. The van der Waals surface area contributed by atoms with Gasteiger partial charge in [-0.25, -0.2) is 0 Å². The zero-order chi connectivity index (χ0) is 10.1. The Morgan fingerprint density at radius 2 is 2.00 bits per heavy atom. The van der Waals surface area contributed by atoms with Crippen LogP contribution in [-0.2, 0) is 4.79 Å². The topological polar surface area (TPSA) is 20.3 Å². The van der Waals surface area contributed by atoms with Gasteiger partial charge in [-0.05, 0) is 45.1 Å². The van der Waals surface area contributed by atoms with Crippen molar-refractivity contribution < 1.29 is 4.79 Å². The van der Waals surface area contributed by atoms with Crippen molar-refractivity contribution in [1.29, 1.82) is 0 Å². The molecule has 3 atom stereocenters. The molecule has 2 rings (SSSR count). The Hall–Kier alpha value is -0.370. The summed E-state index contributed by atoms with van der Waals surface area (Å²) in [5, 5.41) is 0. The lowest BCUT2D eigenvalue weighted by molar-refractivity contribution is -0.123. The first kappa shape index (κ1) is 10.2. The molecular formula is C12H21NO. The highest BCUT2D eigenvalue weighted by molar-refractivity contribution is 5.85. The van der Waals surface area contributed by atoms with Gasteiger partial charge in [-0.2, -0.15) is 0 Å². The van der Waals surface area contributed by atoms with Gasteiger partial charge in [0.1, 0.15) is 5.78 Å². The molecule has 1 heterocycles. The van der Waals surface area contributed by atoms with Gasteiger partial charge in [0.25, 0.3) is 0 Å². The summed E-state index contributed by atoms with van der Waals surface area (Å²) in [4.78, 5) is 14.1. The molecule has 2 heteroatoms. The van der Waals surface area contributed by atoms with Gasteiger partial charge in [-0.1, -0.05) is 6.92 Å². The summed E-state index contributed by atoms with van der Waals surface area (Å²) in [6.07, 6.45) is 5.65. The van der Waals surface area contributed by atoms with E-state index in [2.05, 4.69) is 18.7 Å². The summed E-state index contributed by atoms with van der Waals surface area (Å²) in [5.41, 5.74) is 0. The lowest BCUT2D eigenvalue weighted by atomic mass is 9.90. The predicted molar refractivity (Wildman–Crippen MR) is 57.2 cm³/mol. The number of piperidine rings is 1. The number of hydrogen-bond donors (Lipinski definition) is 0. The molecular weight excluding hydrogens is 174 g/mol. The van der Waals surface area contributed by atoms with Crippen LogP contribution in [0.1, 0.15) is 46.0 Å². The summed E-state index contributed by atoms with van der Waals surface area (Å²) in [7, 11) is 0. The van der Waals surface area contributed by atoms with E-state index >= 15 is 0 Å². The minimum absolute atomic E-state index is 0.271. The number of carbonyl (C=O) groups excluding carboxylic acids is 1. The fraction of sp³-hybridized carbons (Fsp3) is 0.917. The second-order valence-electron chi connectivity index (χ2n) is 4.97. The van der Waals surface area contributed by atoms with Crippen molar-refractivity contribution in [3.8, 4) is 0 Å². The van der Waals surface area contributed by atoms with E-state index in [1.54, 1.807) is 0 Å². The van der Waals surface area contributed by atoms with Crippen molar-refractivity contribution in [3.63, 3.8) is 0 Å². The van der Waals surface area contributed by atoms with Crippen LogP contribution in [0.3, 0.4) is 0 Å². The summed E-state index contributed by atoms with van der Waals surface area (Å²) in [5.74, 6) is 1.25. The van der Waals surface area contributed by atoms with Crippen LogP contribution >= 0.6 is 0 Å². The van der Waals surface area contributed by atoms with Crippen LogP contribution in [0, 0.1) is 5.92 Å². The number of Topliss-reactive ketones (excluding diaryl/α,β-unsaturated/α-hetero) is 1. The molecule has 2 aliphatic rings. The number of likely N-dealkylation sites (tertiary alicyclic amines) is 1. The second kappa shape index (κ2) is 4.01. The van der Waals surface area contributed by atoms with Gasteiger partial charge in [-0.3, -0.25) is 9.69 Å². The molecule has 2 fully saturated rings. The van der Waals surface area contributed by atoms with Crippen molar-refractivity contribution in [1.82, 2.24) is 4.90 Å². The quantitative estimate of drug-likeness (QED) is 0.639. The average molecular weight is 195 g/mol. The Morgan fingerprint density at radius 3 is 2.64 bits per heavy atom. The first-order valence-electron chi connectivity index (χ1n) is 5.98. The minimum atomic E-state index is 0.271. The van der Waals surface area contributed by atoms with Crippen molar-refractivity contribution in [3.05, 3.63) is 0 Å². The number of carbonyl (C=O) groups is 1. The summed E-state index contributed by atoms with van der Waals surface area (Å²) >= 11 is 0. The largest absolute Gasteiger partial charge is 0.298 e. The Labute approximate surface area is 86.7 Å². The number of nitrogens with zero attached hydrogens (tertiary/aromatic N) is 1. The van der Waals surface area contributed by atoms with Gasteiger partial charge in [-0.15, -0.1) is 0 Å². The molecule has 1 saturated carbocycles. The minimum Gasteiger partial charge on any atom is -0.298 e. The van der Waals surface area contributed by atoms with Crippen LogP contribution in [-0.4, -0.2) is 29.3 Å². The summed E-state index contributed by atoms with van der Waals surface area (Å²) in [6.45, 7) is 5.74. The van der Waals surface area contributed by atoms with Gasteiger partial charge < -0.3 is 0 Å². The van der Waals surface area contributed by atoms with Gasteiger partial charge >= 0.3 is 0 Å². The van der Waals surface area contributed by atoms with E-state index < -0.39 is 0 Å². The van der Waals surface area contributed by atoms with Crippen LogP contribution in [0.25, 0.3) is 0 Å². The molecule has 1 aliphatic carbocycles. The Balaban J connectivity index is 2.05. The van der Waals surface area contributed by atoms with Crippen molar-refractivity contribution >= 4 is 5.78 Å². The van der Waals surface area contributed by atoms with Crippen molar-refractivity contribution in [2.75, 3.05) is 6.54 Å². The number of rotatable bonds is 1. The molecule has 1 saturated heterocycles. The molecule has 0 radical (unpaired) electrons. The number of hydrogen-bond acceptors (Lipinski definition) is 2. The zero-order valence-corrected chi connectivity index (χ0v) is 9.33. The van der Waals surface area contributed by atoms with E-state index in [4.69, 9.17) is 0 Å². The van der Waals surface area contributed by atoms with E-state index in [1.165, 1.54) is 12.8 Å². The lowest BCUT2D eigenvalue weighted by Crippen LogP contribution is -2.49. The molecule has 0 aromatic carbocycles. The maximum absolute atomic E-state index is 11.7. The third kappa shape index (κ3) is 1.72. The Bertz CT molecular complexity index is 226. The van der Waals surface area contributed by atoms with Crippen LogP contribution in [0.15, 0.2) is 0 Å². The Kier molecular flexibility index (Phi) is 2.91. The molecule has 0 spiro atoms. The zero-order valence-electron chi connectivity index (χ0n) is 9.33. The van der Waals surface area contributed by atoms with E-state index in [0.717, 1.165) is 31.7 Å². The molecule has 14 heavy (non-hydrogen) atoms. The fourth-order valence-corrected chi connectivity index (χ4v) is 2.96. The molecule has 80 valence electrons. The molecule has 3 unspecified atom stereocenters. The van der Waals surface area contributed by atoms with Gasteiger partial charge in [0.2, 0.25) is 0 Å². The van der Waals surface area contributed by atoms with Crippen LogP contribution in [0.4, 0.5) is 0 Å². The van der Waals surface area contributed by atoms with Gasteiger partial charge in [0.15, 0.2) is 0 Å². The third-order valence-corrected chi connectivity index (χ3v) is 4.10. The standard InChI is InChI=1S/C12H21NO/c1-9-5-4-8-13(10(9)2)11-6-3-7-12(11)14/h9-11H,3-8H2,1-2H3. The summed E-state index contributed by atoms with van der Waals surface area (Å²) in [6, 6.07) is 0.878. The van der Waals surface area contributed by atoms with Crippen molar-refractivity contribution in [2.24, 2.45) is 5.92 Å². The molecule has 0 aromatic rings. The smallest absolute Gasteiger partial charge is 0.149 e. The van der Waals surface area contributed by atoms with E-state index in [9.17, 15) is 4.79 Å². The van der Waals surface area contributed by atoms with Gasteiger partial charge in [0, 0.05) is 12.5 Å². The van der Waals surface area contributed by atoms with Crippen LogP contribution in [0.5, 0.6) is 0 Å². The highest BCUT2D eigenvalue weighted by Crippen LogP contribution is 2.29. The molecule has 1 aliphatic heterocycles. The maximum atomic E-state index is 11.7. The fourth-order valence-electron chi connectivity index (χ4n) is 2.96. The third-order valence-electron chi connectivity index (χ3n) is 4.10. The lowest BCUT2D eigenvalue weighted by Gasteiger charge is -2.41. The first-order chi connectivity index (χ1) is 6.70. The molecule has 0 aromatic heterocycles. The monoisotopic (exact) mass is 195 g/mol. The average Bonchev–Trinajstić information content (AvgIpc) is 2.57. The normalized spacial score (nSPS) is 40.4. The SMILES string of the molecule is CC1CCCN(C2CCCC2=O)C1C. The molecule has 0 bridgehead atoms. The Morgan fingerprint density at radius 1 is 1.21 bits per heavy atom. The van der Waals surface area contributed by atoms with Crippen LogP contribution in [0.2, 0.25) is 0 Å². The second-order valence-corrected chi connectivity index (χ2v) is 4.97. The maximum Gasteiger partial charge on any atom is 0.149 e. The van der Waals surface area contributed by atoms with E-state index in [1.807, 2.05) is 0 Å². The van der Waals surface area contributed by atoms with Gasteiger partial charge in [0.05, 0.1) is 6.04 Å². The summed E-state index contributed by atoms with van der Waals surface area (Å²) < 4.78 is 0. The first-order valence-corrected chi connectivity index (χ1v) is 5.98. The van der Waals surface area contributed by atoms with E-state index in [-0.39, 0.29) is 6.04 Å².